The molecule has 0 spiro atoms. The summed E-state index contributed by atoms with van der Waals surface area (Å²) in [5.74, 6) is -0.0453. The van der Waals surface area contributed by atoms with Gasteiger partial charge in [0.25, 0.3) is 0 Å². The van der Waals surface area contributed by atoms with Crippen LogP contribution >= 0.6 is 12.4 Å². The SMILES string of the molecule is Cc1nn(CCO)c(C)c1NC(=O)CCc1cc2n(n1)CCCNC2.Cl. The van der Waals surface area contributed by atoms with Gasteiger partial charge in [0, 0.05) is 25.9 Å². The summed E-state index contributed by atoms with van der Waals surface area (Å²) >= 11 is 0. The van der Waals surface area contributed by atoms with Gasteiger partial charge >= 0.3 is 0 Å². The summed E-state index contributed by atoms with van der Waals surface area (Å²) in [4.78, 5) is 12.3. The van der Waals surface area contributed by atoms with E-state index in [0.29, 0.717) is 19.4 Å². The van der Waals surface area contributed by atoms with E-state index in [-0.39, 0.29) is 24.9 Å². The molecule has 0 aliphatic carbocycles. The molecule has 0 atom stereocenters. The van der Waals surface area contributed by atoms with E-state index in [9.17, 15) is 4.79 Å². The number of fused-ring (bicyclic) bond motifs is 1. The molecule has 144 valence electrons. The molecule has 1 aliphatic heterocycles. The molecule has 8 nitrogen and oxygen atoms in total. The van der Waals surface area contributed by atoms with Crippen molar-refractivity contribution in [1.29, 1.82) is 0 Å². The third-order valence-electron chi connectivity index (χ3n) is 4.51. The number of carbonyl (C=O) groups is 1. The Bertz CT molecular complexity index is 731. The zero-order valence-electron chi connectivity index (χ0n) is 15.3. The predicted molar refractivity (Wildman–Crippen MR) is 102 cm³/mol. The number of aliphatic hydroxyl groups is 1. The number of aryl methyl sites for hydroxylation is 3. The minimum Gasteiger partial charge on any atom is -0.394 e. The first kappa shape index (κ1) is 20.4. The molecular weight excluding hydrogens is 356 g/mol. The second kappa shape index (κ2) is 9.16. The lowest BCUT2D eigenvalue weighted by Crippen LogP contribution is -2.14. The van der Waals surface area contributed by atoms with Crippen molar-refractivity contribution >= 4 is 24.0 Å². The van der Waals surface area contributed by atoms with Crippen molar-refractivity contribution in [2.75, 3.05) is 18.5 Å². The van der Waals surface area contributed by atoms with Gasteiger partial charge in [0.15, 0.2) is 0 Å². The first-order chi connectivity index (χ1) is 12.1. The molecule has 0 aromatic carbocycles. The van der Waals surface area contributed by atoms with Crippen molar-refractivity contribution in [3.05, 3.63) is 28.8 Å². The number of anilines is 1. The monoisotopic (exact) mass is 382 g/mol. The lowest BCUT2D eigenvalue weighted by molar-refractivity contribution is -0.116. The van der Waals surface area contributed by atoms with Crippen LogP contribution in [0.15, 0.2) is 6.07 Å². The average Bonchev–Trinajstić information content (AvgIpc) is 3.00. The molecule has 3 heterocycles. The maximum Gasteiger partial charge on any atom is 0.224 e. The normalized spacial score (nSPS) is 13.7. The highest BCUT2D eigenvalue weighted by Gasteiger charge is 2.15. The molecule has 3 N–H and O–H groups in total. The maximum absolute atomic E-state index is 12.3. The number of hydrogen-bond donors (Lipinski definition) is 3. The molecule has 0 bridgehead atoms. The second-order valence-corrected chi connectivity index (χ2v) is 6.42. The third-order valence-corrected chi connectivity index (χ3v) is 4.51. The summed E-state index contributed by atoms with van der Waals surface area (Å²) in [5, 5.41) is 24.3. The minimum atomic E-state index is -0.0453. The molecule has 9 heteroatoms. The van der Waals surface area contributed by atoms with Crippen LogP contribution in [-0.4, -0.2) is 43.7 Å². The number of aliphatic hydroxyl groups excluding tert-OH is 1. The van der Waals surface area contributed by atoms with Gasteiger partial charge in [0.2, 0.25) is 5.91 Å². The first-order valence-corrected chi connectivity index (χ1v) is 8.79. The van der Waals surface area contributed by atoms with Crippen LogP contribution in [0, 0.1) is 13.8 Å². The van der Waals surface area contributed by atoms with Gasteiger partial charge in [0.05, 0.1) is 41.6 Å². The molecule has 0 fully saturated rings. The van der Waals surface area contributed by atoms with Crippen molar-refractivity contribution in [3.8, 4) is 0 Å². The third kappa shape index (κ3) is 4.63. The van der Waals surface area contributed by atoms with E-state index in [1.807, 2.05) is 18.5 Å². The predicted octanol–water partition coefficient (Wildman–Crippen LogP) is 1.18. The van der Waals surface area contributed by atoms with E-state index in [1.165, 1.54) is 5.69 Å². The van der Waals surface area contributed by atoms with Crippen LogP contribution in [0.5, 0.6) is 0 Å². The number of nitrogens with zero attached hydrogens (tertiary/aromatic N) is 4. The number of hydrogen-bond acceptors (Lipinski definition) is 5. The molecule has 2 aromatic heterocycles. The van der Waals surface area contributed by atoms with Crippen molar-refractivity contribution in [2.24, 2.45) is 0 Å². The standard InChI is InChI=1S/C17H26N6O2.ClH/c1-12-17(13(2)22(20-12)8-9-24)19-16(25)5-4-14-10-15-11-18-6-3-7-23(15)21-14;/h10,18,24H,3-9,11H2,1-2H3,(H,19,25);1H. The van der Waals surface area contributed by atoms with Gasteiger partial charge in [-0.15, -0.1) is 12.4 Å². The summed E-state index contributed by atoms with van der Waals surface area (Å²) in [5.41, 5.74) is 4.50. The zero-order chi connectivity index (χ0) is 17.8. The van der Waals surface area contributed by atoms with Crippen LogP contribution in [0.1, 0.15) is 35.6 Å². The summed E-state index contributed by atoms with van der Waals surface area (Å²) < 4.78 is 3.75. The van der Waals surface area contributed by atoms with Gasteiger partial charge in [-0.2, -0.15) is 10.2 Å². The quantitative estimate of drug-likeness (QED) is 0.697. The van der Waals surface area contributed by atoms with Crippen molar-refractivity contribution in [3.63, 3.8) is 0 Å². The molecule has 2 aromatic rings. The number of nitrogens with one attached hydrogen (secondary N) is 2. The lowest BCUT2D eigenvalue weighted by Gasteiger charge is -2.06. The van der Waals surface area contributed by atoms with Crippen LogP contribution in [0.25, 0.3) is 0 Å². The molecule has 3 rings (SSSR count). The van der Waals surface area contributed by atoms with Gasteiger partial charge in [0.1, 0.15) is 0 Å². The highest BCUT2D eigenvalue weighted by atomic mass is 35.5. The second-order valence-electron chi connectivity index (χ2n) is 6.42. The van der Waals surface area contributed by atoms with E-state index in [0.717, 1.165) is 48.8 Å². The van der Waals surface area contributed by atoms with Crippen LogP contribution in [0.4, 0.5) is 5.69 Å². The number of rotatable bonds is 6. The fourth-order valence-electron chi connectivity index (χ4n) is 3.18. The van der Waals surface area contributed by atoms with E-state index in [2.05, 4.69) is 26.9 Å². The minimum absolute atomic E-state index is 0. The molecule has 1 amide bonds. The molecule has 0 saturated heterocycles. The van der Waals surface area contributed by atoms with Gasteiger partial charge < -0.3 is 15.7 Å². The number of aromatic nitrogens is 4. The highest BCUT2D eigenvalue weighted by Crippen LogP contribution is 2.20. The summed E-state index contributed by atoms with van der Waals surface area (Å²) in [6, 6.07) is 2.08. The highest BCUT2D eigenvalue weighted by molar-refractivity contribution is 5.92. The summed E-state index contributed by atoms with van der Waals surface area (Å²) in [6.45, 7) is 6.98. The van der Waals surface area contributed by atoms with Crippen molar-refractivity contribution in [2.45, 2.75) is 52.7 Å². The Balaban J connectivity index is 0.00000243. The van der Waals surface area contributed by atoms with E-state index < -0.39 is 0 Å². The van der Waals surface area contributed by atoms with Crippen LogP contribution < -0.4 is 10.6 Å². The smallest absolute Gasteiger partial charge is 0.224 e. The zero-order valence-corrected chi connectivity index (χ0v) is 16.1. The number of halogens is 1. The number of amides is 1. The molecule has 0 radical (unpaired) electrons. The Morgan fingerprint density at radius 1 is 1.38 bits per heavy atom. The van der Waals surface area contributed by atoms with Crippen molar-refractivity contribution in [1.82, 2.24) is 24.9 Å². The van der Waals surface area contributed by atoms with Gasteiger partial charge in [-0.25, -0.2) is 0 Å². The fraction of sp³-hybridized carbons (Fsp3) is 0.588. The van der Waals surface area contributed by atoms with Crippen LogP contribution in [0.3, 0.4) is 0 Å². The Labute approximate surface area is 159 Å². The molecule has 0 unspecified atom stereocenters. The molecular formula is C17H27ClN6O2. The topological polar surface area (TPSA) is 97.0 Å². The maximum atomic E-state index is 12.3. The molecule has 0 saturated carbocycles. The Morgan fingerprint density at radius 2 is 2.19 bits per heavy atom. The number of carbonyl (C=O) groups excluding carboxylic acids is 1. The lowest BCUT2D eigenvalue weighted by atomic mass is 10.2. The van der Waals surface area contributed by atoms with E-state index in [1.54, 1.807) is 4.68 Å². The van der Waals surface area contributed by atoms with Crippen LogP contribution in [-0.2, 0) is 30.8 Å². The van der Waals surface area contributed by atoms with Crippen LogP contribution in [0.2, 0.25) is 0 Å². The Morgan fingerprint density at radius 3 is 2.96 bits per heavy atom. The Hall–Kier alpha value is -1.90. The van der Waals surface area contributed by atoms with E-state index in [4.69, 9.17) is 5.11 Å². The van der Waals surface area contributed by atoms with Gasteiger partial charge in [-0.05, 0) is 32.9 Å². The summed E-state index contributed by atoms with van der Waals surface area (Å²) in [6.07, 6.45) is 2.08. The average molecular weight is 383 g/mol. The summed E-state index contributed by atoms with van der Waals surface area (Å²) in [7, 11) is 0. The molecule has 26 heavy (non-hydrogen) atoms. The fourth-order valence-corrected chi connectivity index (χ4v) is 3.18. The van der Waals surface area contributed by atoms with Crippen molar-refractivity contribution < 1.29 is 9.90 Å². The largest absolute Gasteiger partial charge is 0.394 e. The van der Waals surface area contributed by atoms with Gasteiger partial charge in [-0.3, -0.25) is 14.2 Å². The molecule has 1 aliphatic rings. The Kier molecular flexibility index (Phi) is 7.19. The van der Waals surface area contributed by atoms with E-state index >= 15 is 0 Å². The first-order valence-electron chi connectivity index (χ1n) is 8.79. The van der Waals surface area contributed by atoms with Gasteiger partial charge in [-0.1, -0.05) is 0 Å².